The predicted octanol–water partition coefficient (Wildman–Crippen LogP) is -3.70. The van der Waals surface area contributed by atoms with E-state index in [0.717, 1.165) is 0 Å². The Morgan fingerprint density at radius 2 is 1.00 bits per heavy atom. The molecule has 0 rings (SSSR count). The average Bonchev–Trinajstić information content (AvgIpc) is 1.12. The van der Waals surface area contributed by atoms with E-state index in [2.05, 4.69) is 0 Å². The largest absolute Gasteiger partial charge is 2.00 e. The maximum Gasteiger partial charge on any atom is 2.00 e. The Morgan fingerprint density at radius 1 is 1.00 bits per heavy atom. The molecule has 7 N–H and O–H groups in total. The van der Waals surface area contributed by atoms with Crippen LogP contribution in [-0.4, -0.2) is 91.8 Å². The van der Waals surface area contributed by atoms with E-state index in [0.29, 0.717) is 0 Å². The van der Waals surface area contributed by atoms with Crippen molar-refractivity contribution in [2.24, 2.45) is 0 Å². The van der Waals surface area contributed by atoms with Crippen molar-refractivity contribution in [2.45, 2.75) is 0 Å². The smallest absolute Gasteiger partial charge is 1.00 e. The summed E-state index contributed by atoms with van der Waals surface area (Å²) in [5, 5.41) is 0. The Hall–Kier alpha value is 2.62. The fraction of sp³-hybridized carbons (Fsp3) is 0. The van der Waals surface area contributed by atoms with E-state index in [1.54, 1.807) is 0 Å². The maximum absolute atomic E-state index is 8.88. The second-order valence-electron chi connectivity index (χ2n) is 1.11. The Bertz CT molecular complexity index is 120. The Morgan fingerprint density at radius 3 is 1.00 bits per heavy atom. The summed E-state index contributed by atoms with van der Waals surface area (Å²) in [6, 6.07) is 0. The first-order chi connectivity index (χ1) is 4.00. The summed E-state index contributed by atoms with van der Waals surface area (Å²) >= 11 is 0. The van der Waals surface area contributed by atoms with Gasteiger partial charge in [-0.15, -0.1) is 0 Å². The monoisotopic (exact) mass is 424 g/mol. The van der Waals surface area contributed by atoms with Crippen LogP contribution in [0.4, 0.5) is 0 Å². The molecule has 0 radical (unpaired) electrons. The summed E-state index contributed by atoms with van der Waals surface area (Å²) in [6.45, 7) is 0. The molecule has 0 unspecified atom stereocenters. The van der Waals surface area contributed by atoms with E-state index in [9.17, 15) is 0 Å². The maximum atomic E-state index is 8.88. The molecular weight excluding hydrogens is 416 g/mol. The summed E-state index contributed by atoms with van der Waals surface area (Å²) in [7, 11) is -9.25. The molecule has 0 aliphatic rings. The molecular formula is H9BaO8PSiZr. The number of hydrogen-bond acceptors (Lipinski definition) is 5. The second kappa shape index (κ2) is 10.1. The van der Waals surface area contributed by atoms with Gasteiger partial charge in [-0.3, -0.25) is 0 Å². The van der Waals surface area contributed by atoms with E-state index in [-0.39, 0.29) is 77.9 Å². The van der Waals surface area contributed by atoms with Crippen LogP contribution in [0.15, 0.2) is 0 Å². The molecule has 0 spiro atoms. The minimum atomic E-state index is -4.64. The molecule has 8 nitrogen and oxygen atoms in total. The van der Waals surface area contributed by atoms with Gasteiger partial charge in [-0.1, -0.05) is 0 Å². The summed E-state index contributed by atoms with van der Waals surface area (Å²) in [6.07, 6.45) is 0. The first-order valence-electron chi connectivity index (χ1n) is 1.68. The van der Waals surface area contributed by atoms with Gasteiger partial charge in [0.25, 0.3) is 0 Å². The molecule has 0 aliphatic carbocycles. The van der Waals surface area contributed by atoms with Crippen LogP contribution >= 0.6 is 7.82 Å². The van der Waals surface area contributed by atoms with Gasteiger partial charge in [0.15, 0.2) is 0 Å². The molecule has 0 amide bonds. The first kappa shape index (κ1) is 24.0. The normalized spacial score (nSPS) is 9.92. The van der Waals surface area contributed by atoms with Crippen molar-refractivity contribution >= 4 is 65.8 Å². The van der Waals surface area contributed by atoms with E-state index in [1.807, 2.05) is 0 Å². The average molecular weight is 425 g/mol. The molecule has 0 aliphatic heterocycles. The first-order valence-corrected chi connectivity index (χ1v) is 5.03. The van der Waals surface area contributed by atoms with Crippen molar-refractivity contribution in [3.63, 3.8) is 0 Å². The number of phosphoric acid groups is 1. The van der Waals surface area contributed by atoms with Crippen LogP contribution in [-0.2, 0) is 30.8 Å². The Labute approximate surface area is 131 Å². The number of hydrogen-bond donors (Lipinski definition) is 7. The molecule has 12 heavy (non-hydrogen) atoms. The van der Waals surface area contributed by atoms with Gasteiger partial charge in [0.2, 0.25) is 0 Å². The predicted molar refractivity (Wildman–Crippen MR) is 36.9 cm³/mol. The Balaban J connectivity index is -0.0000000178. The van der Waals surface area contributed by atoms with E-state index < -0.39 is 16.9 Å². The van der Waals surface area contributed by atoms with Crippen LogP contribution in [0, 0.1) is 0 Å². The molecule has 0 saturated carbocycles. The van der Waals surface area contributed by atoms with Crippen LogP contribution in [0.1, 0.15) is 2.85 Å². The van der Waals surface area contributed by atoms with E-state index >= 15 is 0 Å². The van der Waals surface area contributed by atoms with Gasteiger partial charge in [0.05, 0.1) is 0 Å². The van der Waals surface area contributed by atoms with Crippen molar-refractivity contribution in [3.05, 3.63) is 0 Å². The van der Waals surface area contributed by atoms with Crippen LogP contribution in [0.3, 0.4) is 0 Å². The molecule has 0 fully saturated rings. The van der Waals surface area contributed by atoms with Gasteiger partial charge >= 0.3 is 65.8 Å². The summed E-state index contributed by atoms with van der Waals surface area (Å²) in [4.78, 5) is 50.9. The fourth-order valence-corrected chi connectivity index (χ4v) is 0. The zero-order valence-corrected chi connectivity index (χ0v) is 14.5. The van der Waals surface area contributed by atoms with Gasteiger partial charge in [-0.05, 0) is 0 Å². The van der Waals surface area contributed by atoms with Crippen LogP contribution in [0.25, 0.3) is 0 Å². The third-order valence-electron chi connectivity index (χ3n) is 0. The zero-order chi connectivity index (χ0) is 9.00. The fourth-order valence-electron chi connectivity index (χ4n) is 0. The minimum Gasteiger partial charge on any atom is -1.00 e. The van der Waals surface area contributed by atoms with Crippen molar-refractivity contribution in [1.29, 1.82) is 0 Å². The van der Waals surface area contributed by atoms with E-state index in [1.165, 1.54) is 0 Å². The molecule has 0 heterocycles. The third-order valence-corrected chi connectivity index (χ3v) is 0. The van der Waals surface area contributed by atoms with Gasteiger partial charge in [0, 0.05) is 26.2 Å². The van der Waals surface area contributed by atoms with Crippen molar-refractivity contribution in [3.8, 4) is 0 Å². The van der Waals surface area contributed by atoms with Gasteiger partial charge in [-0.2, -0.15) is 0 Å². The molecule has 72 valence electrons. The summed E-state index contributed by atoms with van der Waals surface area (Å²) in [5.74, 6) is 0. The minimum absolute atomic E-state index is 0. The summed E-state index contributed by atoms with van der Waals surface area (Å²) in [5.41, 5.74) is 0. The molecule has 0 aromatic heterocycles. The molecule has 0 bridgehead atoms. The molecule has 0 aromatic rings. The molecule has 0 atom stereocenters. The van der Waals surface area contributed by atoms with Crippen LogP contribution < -0.4 is 0 Å². The Kier molecular flexibility index (Phi) is 20.3. The third kappa shape index (κ3) is 248. The van der Waals surface area contributed by atoms with Crippen molar-refractivity contribution < 1.29 is 67.5 Å². The van der Waals surface area contributed by atoms with Gasteiger partial charge < -0.3 is 36.7 Å². The van der Waals surface area contributed by atoms with Gasteiger partial charge in [0.1, 0.15) is 0 Å². The van der Waals surface area contributed by atoms with Gasteiger partial charge in [-0.25, -0.2) is 4.57 Å². The van der Waals surface area contributed by atoms with E-state index in [4.69, 9.17) is 38.4 Å². The second-order valence-corrected chi connectivity index (χ2v) is 3.34. The summed E-state index contributed by atoms with van der Waals surface area (Å²) < 4.78 is 8.88. The molecule has 0 saturated heterocycles. The SMILES string of the molecule is O=P(O)(O)O.O[Si](O)(O)O.[Ba+2].[H-].[H-].[Zr]. The van der Waals surface area contributed by atoms with Crippen LogP contribution in [0.2, 0.25) is 0 Å². The van der Waals surface area contributed by atoms with Crippen LogP contribution in [0.5, 0.6) is 0 Å². The number of rotatable bonds is 0. The van der Waals surface area contributed by atoms with Crippen molar-refractivity contribution in [2.75, 3.05) is 0 Å². The molecule has 12 heteroatoms. The topological polar surface area (TPSA) is 159 Å². The zero-order valence-electron chi connectivity index (χ0n) is 7.69. The standard InChI is InChI=1S/Ba.H3O4P.H4O4Si.Zr.2H/c;2*1-5(2,3)4;;;/h;(H3,1,2,3,4);1-4H;;;/q+2;;;;2*-1. The molecule has 0 aromatic carbocycles. The van der Waals surface area contributed by atoms with Crippen molar-refractivity contribution in [1.82, 2.24) is 0 Å². The quantitative estimate of drug-likeness (QED) is 0.155.